The summed E-state index contributed by atoms with van der Waals surface area (Å²) < 4.78 is 4.62. The van der Waals surface area contributed by atoms with Crippen molar-refractivity contribution in [2.24, 2.45) is 11.8 Å². The first kappa shape index (κ1) is 28.0. The van der Waals surface area contributed by atoms with E-state index in [1.54, 1.807) is 11.1 Å². The van der Waals surface area contributed by atoms with Gasteiger partial charge in [0.1, 0.15) is 5.82 Å². The number of anilines is 1. The first-order valence-electron chi connectivity index (χ1n) is 10.9. The van der Waals surface area contributed by atoms with Gasteiger partial charge < -0.3 is 30.2 Å². The van der Waals surface area contributed by atoms with Crippen LogP contribution in [0.2, 0.25) is 0 Å². The van der Waals surface area contributed by atoms with E-state index in [9.17, 15) is 19.5 Å². The van der Waals surface area contributed by atoms with Crippen LogP contribution in [-0.4, -0.2) is 67.6 Å². The number of carbonyl (C=O) groups is 3. The molecule has 1 amide bonds. The van der Waals surface area contributed by atoms with Crippen LogP contribution in [0.3, 0.4) is 0 Å². The molecule has 0 saturated carbocycles. The largest absolute Gasteiger partial charge is 1.00 e. The maximum Gasteiger partial charge on any atom is 1.00 e. The first-order chi connectivity index (χ1) is 15.0. The number of ether oxygens (including phenoxy) is 1. The molecule has 1 aromatic rings. The number of esters is 1. The van der Waals surface area contributed by atoms with Crippen molar-refractivity contribution in [3.63, 3.8) is 0 Å². The van der Waals surface area contributed by atoms with E-state index >= 15 is 0 Å². The number of carbonyl (C=O) groups excluding carboxylic acids is 3. The van der Waals surface area contributed by atoms with Crippen LogP contribution < -0.4 is 34.6 Å². The normalized spacial score (nSPS) is 16.7. The molecule has 0 aliphatic carbocycles. The minimum absolute atomic E-state index is 0. The number of hydrogen-bond acceptors (Lipinski definition) is 8. The molecule has 2 fully saturated rings. The van der Waals surface area contributed by atoms with Crippen LogP contribution >= 0.6 is 0 Å². The number of nitrogens with zero attached hydrogens (tertiary/aromatic N) is 2. The van der Waals surface area contributed by atoms with E-state index in [4.69, 9.17) is 0 Å². The molecule has 0 aromatic carbocycles. The molecule has 0 spiro atoms. The van der Waals surface area contributed by atoms with Crippen molar-refractivity contribution in [2.75, 3.05) is 45.2 Å². The molecule has 3 heterocycles. The SMILES string of the molecule is COC(=O)C1CCNCC1.O=C([O-])C1CCN(C(=O)CCCNc2ccccn2)CC1.[Li+]. The molecule has 0 atom stereocenters. The van der Waals surface area contributed by atoms with Crippen LogP contribution in [0.25, 0.3) is 0 Å². The Balaban J connectivity index is 0.000000393. The van der Waals surface area contributed by atoms with Crippen LogP contribution in [0, 0.1) is 11.8 Å². The van der Waals surface area contributed by atoms with E-state index in [0.717, 1.165) is 38.2 Å². The van der Waals surface area contributed by atoms with Crippen LogP contribution in [0.4, 0.5) is 5.82 Å². The fourth-order valence-corrected chi connectivity index (χ4v) is 3.67. The van der Waals surface area contributed by atoms with Gasteiger partial charge in [-0.3, -0.25) is 9.59 Å². The number of carboxylic acid groups (broad SMARTS) is 1. The maximum absolute atomic E-state index is 12.0. The van der Waals surface area contributed by atoms with E-state index in [0.29, 0.717) is 38.9 Å². The summed E-state index contributed by atoms with van der Waals surface area (Å²) in [6.45, 7) is 3.62. The first-order valence-corrected chi connectivity index (χ1v) is 10.9. The predicted molar refractivity (Wildman–Crippen MR) is 114 cm³/mol. The molecule has 2 saturated heterocycles. The number of piperidine rings is 2. The summed E-state index contributed by atoms with van der Waals surface area (Å²) in [7, 11) is 1.45. The third-order valence-electron chi connectivity index (χ3n) is 5.59. The van der Waals surface area contributed by atoms with Crippen molar-refractivity contribution in [1.82, 2.24) is 15.2 Å². The Morgan fingerprint density at radius 2 is 1.84 bits per heavy atom. The topological polar surface area (TPSA) is 124 Å². The second kappa shape index (κ2) is 15.7. The number of hydrogen-bond donors (Lipinski definition) is 2. The molecule has 1 aromatic heterocycles. The number of carboxylic acids is 1. The van der Waals surface area contributed by atoms with Gasteiger partial charge in [0.2, 0.25) is 5.91 Å². The average Bonchev–Trinajstić information content (AvgIpc) is 2.83. The smallest absolute Gasteiger partial charge is 0.550 e. The average molecular weight is 440 g/mol. The number of likely N-dealkylation sites (tertiary alicyclic amines) is 1. The van der Waals surface area contributed by atoms with Crippen LogP contribution in [0.5, 0.6) is 0 Å². The molecule has 0 bridgehead atoms. The Morgan fingerprint density at radius 1 is 1.16 bits per heavy atom. The van der Waals surface area contributed by atoms with Gasteiger partial charge in [-0.15, -0.1) is 0 Å². The van der Waals surface area contributed by atoms with E-state index < -0.39 is 11.9 Å². The summed E-state index contributed by atoms with van der Waals surface area (Å²) in [4.78, 5) is 39.6. The summed E-state index contributed by atoms with van der Waals surface area (Å²) in [5, 5.41) is 17.1. The number of pyridine rings is 1. The summed E-state index contributed by atoms with van der Waals surface area (Å²) >= 11 is 0. The molecule has 32 heavy (non-hydrogen) atoms. The Hall–Kier alpha value is -2.08. The van der Waals surface area contributed by atoms with E-state index in [2.05, 4.69) is 20.4 Å². The molecule has 2 aliphatic rings. The quantitative estimate of drug-likeness (QED) is 0.269. The molecule has 2 aliphatic heterocycles. The van der Waals surface area contributed by atoms with Gasteiger partial charge >= 0.3 is 24.8 Å². The number of nitrogens with one attached hydrogen (secondary N) is 2. The number of rotatable bonds is 7. The predicted octanol–water partition coefficient (Wildman–Crippen LogP) is -2.57. The van der Waals surface area contributed by atoms with E-state index in [-0.39, 0.29) is 36.7 Å². The minimum atomic E-state index is -0.998. The van der Waals surface area contributed by atoms with Gasteiger partial charge in [-0.25, -0.2) is 4.98 Å². The van der Waals surface area contributed by atoms with Crippen molar-refractivity contribution in [3.05, 3.63) is 24.4 Å². The van der Waals surface area contributed by atoms with Crippen molar-refractivity contribution in [2.45, 2.75) is 38.5 Å². The zero-order valence-corrected chi connectivity index (χ0v) is 19.2. The Bertz CT molecular complexity index is 693. The van der Waals surface area contributed by atoms with Gasteiger partial charge in [0.15, 0.2) is 0 Å². The second-order valence-corrected chi connectivity index (χ2v) is 7.77. The third-order valence-corrected chi connectivity index (χ3v) is 5.59. The van der Waals surface area contributed by atoms with Crippen molar-refractivity contribution < 1.29 is 43.1 Å². The zero-order chi connectivity index (χ0) is 22.5. The Kier molecular flexibility index (Phi) is 13.7. The number of aliphatic carboxylic acids is 1. The zero-order valence-electron chi connectivity index (χ0n) is 19.2. The van der Waals surface area contributed by atoms with Gasteiger partial charge in [0.25, 0.3) is 0 Å². The van der Waals surface area contributed by atoms with Crippen LogP contribution in [0.1, 0.15) is 38.5 Å². The maximum atomic E-state index is 12.0. The fraction of sp³-hybridized carbons (Fsp3) is 0.636. The molecule has 9 nitrogen and oxygen atoms in total. The molecular formula is C22H33LiN4O5. The minimum Gasteiger partial charge on any atom is -0.550 e. The van der Waals surface area contributed by atoms with Crippen LogP contribution in [0.15, 0.2) is 24.4 Å². The molecule has 10 heteroatoms. The van der Waals surface area contributed by atoms with Gasteiger partial charge in [-0.1, -0.05) is 6.07 Å². The Morgan fingerprint density at radius 3 is 2.41 bits per heavy atom. The molecule has 2 N–H and O–H groups in total. The molecule has 0 radical (unpaired) electrons. The van der Waals surface area contributed by atoms with Gasteiger partial charge in [-0.05, 0) is 57.3 Å². The molecule has 0 unspecified atom stereocenters. The molecule has 3 rings (SSSR count). The van der Waals surface area contributed by atoms with Crippen molar-refractivity contribution >= 4 is 23.7 Å². The fourth-order valence-electron chi connectivity index (χ4n) is 3.67. The van der Waals surface area contributed by atoms with E-state index in [1.807, 2.05) is 18.2 Å². The summed E-state index contributed by atoms with van der Waals surface area (Å²) in [6, 6.07) is 5.64. The monoisotopic (exact) mass is 440 g/mol. The van der Waals surface area contributed by atoms with E-state index in [1.165, 1.54) is 7.11 Å². The Labute approximate surface area is 201 Å². The number of methoxy groups -OCH3 is 1. The van der Waals surface area contributed by atoms with Crippen molar-refractivity contribution in [1.29, 1.82) is 0 Å². The molecule has 172 valence electrons. The standard InChI is InChI=1S/C15H21N3O3.C7H13NO2.Li/c19-14(18-10-6-12(7-11-18)15(20)21)5-3-9-17-13-4-1-2-8-16-13;1-10-7(9)6-2-4-8-5-3-6;/h1-2,4,8,12H,3,5-7,9-11H2,(H,16,17)(H,20,21);6,8H,2-5H2,1H3;/q;;+1/p-1. The summed E-state index contributed by atoms with van der Waals surface area (Å²) in [5.41, 5.74) is 0. The van der Waals surface area contributed by atoms with Crippen LogP contribution in [-0.2, 0) is 19.1 Å². The molecular weight excluding hydrogens is 407 g/mol. The van der Waals surface area contributed by atoms with Gasteiger partial charge in [0, 0.05) is 44.1 Å². The van der Waals surface area contributed by atoms with Gasteiger partial charge in [0.05, 0.1) is 13.0 Å². The van der Waals surface area contributed by atoms with Crippen molar-refractivity contribution in [3.8, 4) is 0 Å². The summed E-state index contributed by atoms with van der Waals surface area (Å²) in [5.74, 6) is -0.413. The number of aromatic nitrogens is 1. The number of amides is 1. The van der Waals surface area contributed by atoms with Gasteiger partial charge in [-0.2, -0.15) is 0 Å². The third kappa shape index (κ3) is 10.0. The summed E-state index contributed by atoms with van der Waals surface area (Å²) in [6.07, 6.45) is 5.76. The second-order valence-electron chi connectivity index (χ2n) is 7.77.